The molecule has 0 spiro atoms. The number of benzene rings is 1. The van der Waals surface area contributed by atoms with Crippen LogP contribution in [0.25, 0.3) is 0 Å². The van der Waals surface area contributed by atoms with Crippen LogP contribution in [0.2, 0.25) is 5.02 Å². The van der Waals surface area contributed by atoms with E-state index in [-0.39, 0.29) is 5.03 Å². The Kier molecular flexibility index (Phi) is 4.66. The van der Waals surface area contributed by atoms with Crippen molar-refractivity contribution in [1.82, 2.24) is 14.8 Å². The third-order valence-electron chi connectivity index (χ3n) is 3.26. The van der Waals surface area contributed by atoms with Gasteiger partial charge in [0.15, 0.2) is 11.3 Å². The van der Waals surface area contributed by atoms with E-state index in [1.54, 1.807) is 6.07 Å². The number of thioether (sulfide) groups is 1. The molecule has 0 radical (unpaired) electrons. The molecule has 0 bridgehead atoms. The van der Waals surface area contributed by atoms with Crippen LogP contribution >= 0.6 is 23.4 Å². The maximum Gasteiger partial charge on any atom is 0.347 e. The molecular weight excluding hydrogens is 326 g/mol. The second kappa shape index (κ2) is 6.68. The van der Waals surface area contributed by atoms with Gasteiger partial charge in [-0.15, -0.1) is 0 Å². The van der Waals surface area contributed by atoms with E-state index in [1.165, 1.54) is 16.4 Å². The first-order chi connectivity index (χ1) is 10.6. The van der Waals surface area contributed by atoms with Crippen LogP contribution in [-0.4, -0.2) is 21.4 Å². The van der Waals surface area contributed by atoms with Gasteiger partial charge < -0.3 is 4.74 Å². The summed E-state index contributed by atoms with van der Waals surface area (Å²) < 4.78 is 6.66. The summed E-state index contributed by atoms with van der Waals surface area (Å²) in [6.07, 6.45) is 1.20. The fourth-order valence-electron chi connectivity index (χ4n) is 2.22. The van der Waals surface area contributed by atoms with Crippen LogP contribution in [0.5, 0.6) is 0 Å². The van der Waals surface area contributed by atoms with Crippen molar-refractivity contribution in [2.24, 2.45) is 0 Å². The lowest BCUT2D eigenvalue weighted by Crippen LogP contribution is -2.35. The minimum Gasteiger partial charge on any atom is -0.356 e. The van der Waals surface area contributed by atoms with Crippen LogP contribution in [0, 0.1) is 0 Å². The summed E-state index contributed by atoms with van der Waals surface area (Å²) in [7, 11) is 0. The van der Waals surface area contributed by atoms with Gasteiger partial charge in [-0.3, -0.25) is 9.78 Å². The molecule has 1 aliphatic heterocycles. The highest BCUT2D eigenvalue weighted by Gasteiger charge is 2.21. The van der Waals surface area contributed by atoms with E-state index in [0.717, 1.165) is 18.4 Å². The third-order valence-corrected chi connectivity index (χ3v) is 4.52. The van der Waals surface area contributed by atoms with Gasteiger partial charge in [0.2, 0.25) is 0 Å². The molecule has 6 nitrogen and oxygen atoms in total. The molecule has 116 valence electrons. The van der Waals surface area contributed by atoms with E-state index in [2.05, 4.69) is 10.1 Å². The van der Waals surface area contributed by atoms with Crippen molar-refractivity contribution in [3.05, 3.63) is 55.7 Å². The van der Waals surface area contributed by atoms with E-state index in [1.807, 2.05) is 18.2 Å². The van der Waals surface area contributed by atoms with E-state index >= 15 is 0 Å². The van der Waals surface area contributed by atoms with Crippen LogP contribution in [0.4, 0.5) is 0 Å². The van der Waals surface area contributed by atoms with E-state index in [0.29, 0.717) is 17.4 Å². The van der Waals surface area contributed by atoms with Crippen LogP contribution in [0.15, 0.2) is 38.9 Å². The molecule has 0 unspecified atom stereocenters. The number of nitrogens with one attached hydrogen (secondary N) is 1. The smallest absolute Gasteiger partial charge is 0.347 e. The summed E-state index contributed by atoms with van der Waals surface area (Å²) in [5, 5.41) is 5.05. The van der Waals surface area contributed by atoms with Gasteiger partial charge in [0, 0.05) is 17.4 Å². The summed E-state index contributed by atoms with van der Waals surface area (Å²) in [6, 6.07) is 7.39. The first kappa shape index (κ1) is 15.3. The number of hydrogen-bond donors (Lipinski definition) is 1. The Labute approximate surface area is 135 Å². The third kappa shape index (κ3) is 3.43. The Morgan fingerprint density at radius 3 is 3.05 bits per heavy atom. The van der Waals surface area contributed by atoms with Crippen molar-refractivity contribution in [3.63, 3.8) is 0 Å². The number of aromatic amines is 1. The number of nitrogens with zero attached hydrogens (tertiary/aromatic N) is 2. The quantitative estimate of drug-likeness (QED) is 0.864. The molecule has 1 N–H and O–H groups in total. The molecule has 8 heteroatoms. The van der Waals surface area contributed by atoms with Crippen LogP contribution in [0.3, 0.4) is 0 Å². The number of H-pyrrole nitrogens is 1. The Morgan fingerprint density at radius 2 is 2.32 bits per heavy atom. The number of aromatic nitrogens is 3. The predicted molar refractivity (Wildman–Crippen MR) is 84.4 cm³/mol. The van der Waals surface area contributed by atoms with Gasteiger partial charge in [0.1, 0.15) is 0 Å². The van der Waals surface area contributed by atoms with Gasteiger partial charge in [-0.05, 0) is 30.5 Å². The number of halogens is 1. The highest BCUT2D eigenvalue weighted by atomic mass is 35.5. The monoisotopic (exact) mass is 339 g/mol. The molecule has 1 aromatic heterocycles. The molecule has 3 rings (SSSR count). The highest BCUT2D eigenvalue weighted by molar-refractivity contribution is 7.98. The van der Waals surface area contributed by atoms with Gasteiger partial charge in [-0.1, -0.05) is 35.5 Å². The zero-order chi connectivity index (χ0) is 15.5. The summed E-state index contributed by atoms with van der Waals surface area (Å²) in [4.78, 5) is 26.0. The zero-order valence-electron chi connectivity index (χ0n) is 11.6. The second-order valence-electron chi connectivity index (χ2n) is 4.90. The van der Waals surface area contributed by atoms with Crippen LogP contribution < -0.4 is 11.2 Å². The Hall–Kier alpha value is -1.57. The predicted octanol–water partition coefficient (Wildman–Crippen LogP) is 2.19. The highest BCUT2D eigenvalue weighted by Crippen LogP contribution is 2.22. The largest absolute Gasteiger partial charge is 0.356 e. The standard InChI is InChI=1S/C14H14ClN3O3S/c15-10-4-1-3-9(7-10)8-22-13-12(19)16-14(20)18(17-13)11-5-2-6-21-11/h1,3-4,7,11H,2,5-6,8H2,(H,16,19,20)/t11-/m1/s1. The summed E-state index contributed by atoms with van der Waals surface area (Å²) in [5.41, 5.74) is -0.0381. The zero-order valence-corrected chi connectivity index (χ0v) is 13.2. The lowest BCUT2D eigenvalue weighted by molar-refractivity contribution is 0.0395. The van der Waals surface area contributed by atoms with Gasteiger partial charge in [0.05, 0.1) is 0 Å². The average Bonchev–Trinajstić information content (AvgIpc) is 3.00. The second-order valence-corrected chi connectivity index (χ2v) is 6.30. The van der Waals surface area contributed by atoms with Crippen molar-refractivity contribution in [1.29, 1.82) is 0 Å². The maximum absolute atomic E-state index is 11.9. The van der Waals surface area contributed by atoms with E-state index < -0.39 is 17.5 Å². The normalized spacial score (nSPS) is 17.8. The maximum atomic E-state index is 11.9. The molecule has 1 aliphatic rings. The number of ether oxygens (including phenoxy) is 1. The Bertz CT molecular complexity index is 783. The van der Waals surface area contributed by atoms with Gasteiger partial charge in [0.25, 0.3) is 5.56 Å². The van der Waals surface area contributed by atoms with Crippen molar-refractivity contribution in [2.75, 3.05) is 6.61 Å². The minimum atomic E-state index is -0.538. The summed E-state index contributed by atoms with van der Waals surface area (Å²) in [6.45, 7) is 0.600. The van der Waals surface area contributed by atoms with Crippen molar-refractivity contribution < 1.29 is 4.74 Å². The molecule has 1 fully saturated rings. The van der Waals surface area contributed by atoms with Crippen molar-refractivity contribution >= 4 is 23.4 Å². The molecule has 0 amide bonds. The lowest BCUT2D eigenvalue weighted by Gasteiger charge is -2.11. The molecular formula is C14H14ClN3O3S. The minimum absolute atomic E-state index is 0.245. The molecule has 1 aromatic carbocycles. The Morgan fingerprint density at radius 1 is 1.45 bits per heavy atom. The summed E-state index contributed by atoms with van der Waals surface area (Å²) >= 11 is 7.20. The van der Waals surface area contributed by atoms with Crippen LogP contribution in [0.1, 0.15) is 24.6 Å². The first-order valence-electron chi connectivity index (χ1n) is 6.85. The fraction of sp³-hybridized carbons (Fsp3) is 0.357. The summed E-state index contributed by atoms with van der Waals surface area (Å²) in [5.74, 6) is 0.542. The number of rotatable bonds is 4. The topological polar surface area (TPSA) is 77.0 Å². The van der Waals surface area contributed by atoms with Crippen LogP contribution in [-0.2, 0) is 10.5 Å². The first-order valence-corrected chi connectivity index (χ1v) is 8.22. The van der Waals surface area contributed by atoms with Crippen molar-refractivity contribution in [2.45, 2.75) is 29.8 Å². The number of hydrogen-bond acceptors (Lipinski definition) is 5. The molecule has 2 heterocycles. The van der Waals surface area contributed by atoms with Crippen molar-refractivity contribution in [3.8, 4) is 0 Å². The van der Waals surface area contributed by atoms with Gasteiger partial charge >= 0.3 is 5.69 Å². The van der Waals surface area contributed by atoms with E-state index in [4.69, 9.17) is 16.3 Å². The average molecular weight is 340 g/mol. The molecule has 22 heavy (non-hydrogen) atoms. The molecule has 1 atom stereocenters. The molecule has 0 saturated carbocycles. The molecule has 0 aliphatic carbocycles. The van der Waals surface area contributed by atoms with E-state index in [9.17, 15) is 9.59 Å². The van der Waals surface area contributed by atoms with Gasteiger partial charge in [-0.2, -0.15) is 9.78 Å². The Balaban J connectivity index is 1.82. The van der Waals surface area contributed by atoms with Gasteiger partial charge in [-0.25, -0.2) is 4.79 Å². The molecule has 2 aromatic rings. The molecule has 1 saturated heterocycles. The fourth-order valence-corrected chi connectivity index (χ4v) is 3.24. The lowest BCUT2D eigenvalue weighted by atomic mass is 10.2. The SMILES string of the molecule is O=c1[nH]c(=O)n([C@H]2CCCO2)nc1SCc1cccc(Cl)c1.